The number of nitrogens with one attached hydrogen (secondary N) is 1. The molecular formula is C11H12BrNO2. The Morgan fingerprint density at radius 1 is 1.33 bits per heavy atom. The summed E-state index contributed by atoms with van der Waals surface area (Å²) in [6, 6.07) is 7.86. The highest BCUT2D eigenvalue weighted by molar-refractivity contribution is 9.11. The highest BCUT2D eigenvalue weighted by Crippen LogP contribution is 2.33. The first kappa shape index (κ1) is 10.5. The summed E-state index contributed by atoms with van der Waals surface area (Å²) in [6.07, 6.45) is -0.0229. The van der Waals surface area contributed by atoms with Crippen LogP contribution in [0.1, 0.15) is 18.6 Å². The molecule has 0 bridgehead atoms. The Labute approximate surface area is 97.2 Å². The average Bonchev–Trinajstić information content (AvgIpc) is 2.60. The van der Waals surface area contributed by atoms with Crippen LogP contribution in [-0.2, 0) is 4.84 Å². The minimum absolute atomic E-state index is 0.0229. The zero-order chi connectivity index (χ0) is 10.8. The van der Waals surface area contributed by atoms with E-state index in [4.69, 9.17) is 9.57 Å². The molecule has 1 aromatic carbocycles. The lowest BCUT2D eigenvalue weighted by molar-refractivity contribution is 0.0416. The second-order valence-corrected chi connectivity index (χ2v) is 4.16. The summed E-state index contributed by atoms with van der Waals surface area (Å²) < 4.78 is 6.01. The first-order chi connectivity index (χ1) is 7.22. The highest BCUT2D eigenvalue weighted by atomic mass is 79.9. The first-order valence-corrected chi connectivity index (χ1v) is 5.43. The quantitative estimate of drug-likeness (QED) is 0.838. The van der Waals surface area contributed by atoms with Crippen LogP contribution in [0.2, 0.25) is 0 Å². The van der Waals surface area contributed by atoms with Crippen molar-refractivity contribution < 1.29 is 9.57 Å². The maximum Gasteiger partial charge on any atom is 0.134 e. The van der Waals surface area contributed by atoms with Crippen molar-refractivity contribution in [2.45, 2.75) is 13.0 Å². The smallest absolute Gasteiger partial charge is 0.134 e. The predicted molar refractivity (Wildman–Crippen MR) is 61.6 cm³/mol. The summed E-state index contributed by atoms with van der Waals surface area (Å²) >= 11 is 3.39. The lowest BCUT2D eigenvalue weighted by Gasteiger charge is -2.10. The van der Waals surface area contributed by atoms with E-state index in [9.17, 15) is 0 Å². The second kappa shape index (κ2) is 4.24. The van der Waals surface area contributed by atoms with Crippen molar-refractivity contribution in [3.8, 4) is 5.75 Å². The highest BCUT2D eigenvalue weighted by Gasteiger charge is 2.23. The molecule has 1 aromatic rings. The zero-order valence-corrected chi connectivity index (χ0v) is 10.2. The third-order valence-electron chi connectivity index (χ3n) is 2.42. The van der Waals surface area contributed by atoms with E-state index >= 15 is 0 Å². The number of hydroxylamine groups is 1. The van der Waals surface area contributed by atoms with Crippen LogP contribution in [0.5, 0.6) is 5.75 Å². The van der Waals surface area contributed by atoms with Crippen molar-refractivity contribution in [2.24, 2.45) is 0 Å². The summed E-state index contributed by atoms with van der Waals surface area (Å²) in [5.74, 6) is 0.852. The minimum Gasteiger partial charge on any atom is -0.497 e. The van der Waals surface area contributed by atoms with E-state index < -0.39 is 0 Å². The standard InChI is InChI=1S/C11H12BrNO2/c1-7-10(15-13-11(7)12)8-3-5-9(14-2)6-4-8/h3-6,10,13H,1-2H3. The van der Waals surface area contributed by atoms with Gasteiger partial charge in [-0.2, -0.15) is 0 Å². The van der Waals surface area contributed by atoms with E-state index in [0.717, 1.165) is 21.5 Å². The Kier molecular flexibility index (Phi) is 2.98. The molecule has 0 saturated heterocycles. The van der Waals surface area contributed by atoms with Gasteiger partial charge in [-0.05, 0) is 46.1 Å². The third-order valence-corrected chi connectivity index (χ3v) is 3.21. The number of hydrogen-bond donors (Lipinski definition) is 1. The van der Waals surface area contributed by atoms with E-state index in [1.807, 2.05) is 31.2 Å². The molecule has 0 amide bonds. The number of halogens is 1. The number of benzene rings is 1. The Morgan fingerprint density at radius 2 is 2.00 bits per heavy atom. The molecule has 2 rings (SSSR count). The van der Waals surface area contributed by atoms with E-state index in [1.165, 1.54) is 0 Å². The van der Waals surface area contributed by atoms with Crippen LogP contribution in [0.3, 0.4) is 0 Å². The Hall–Kier alpha value is -1.00. The molecule has 1 atom stereocenters. The molecular weight excluding hydrogens is 258 g/mol. The molecule has 0 aromatic heterocycles. The molecule has 15 heavy (non-hydrogen) atoms. The largest absolute Gasteiger partial charge is 0.497 e. The fourth-order valence-electron chi connectivity index (χ4n) is 1.49. The third kappa shape index (κ3) is 2.01. The van der Waals surface area contributed by atoms with Crippen molar-refractivity contribution in [1.82, 2.24) is 5.48 Å². The van der Waals surface area contributed by atoms with E-state index in [1.54, 1.807) is 7.11 Å². The summed E-state index contributed by atoms with van der Waals surface area (Å²) in [5, 5.41) is 0. The van der Waals surface area contributed by atoms with E-state index in [2.05, 4.69) is 21.4 Å². The fourth-order valence-corrected chi connectivity index (χ4v) is 1.79. The number of ether oxygens (including phenoxy) is 1. The summed E-state index contributed by atoms with van der Waals surface area (Å²) in [4.78, 5) is 5.43. The predicted octanol–water partition coefficient (Wildman–Crippen LogP) is 2.90. The fraction of sp³-hybridized carbons (Fsp3) is 0.273. The van der Waals surface area contributed by atoms with Gasteiger partial charge in [0.15, 0.2) is 0 Å². The van der Waals surface area contributed by atoms with E-state index in [0.29, 0.717) is 0 Å². The van der Waals surface area contributed by atoms with Gasteiger partial charge >= 0.3 is 0 Å². The van der Waals surface area contributed by atoms with Crippen molar-refractivity contribution in [1.29, 1.82) is 0 Å². The molecule has 80 valence electrons. The number of rotatable bonds is 2. The summed E-state index contributed by atoms with van der Waals surface area (Å²) in [5.41, 5.74) is 5.06. The first-order valence-electron chi connectivity index (χ1n) is 4.64. The molecule has 0 spiro atoms. The van der Waals surface area contributed by atoms with Gasteiger partial charge in [0.05, 0.1) is 7.11 Å². The molecule has 0 aliphatic carbocycles. The molecule has 0 radical (unpaired) electrons. The average molecular weight is 270 g/mol. The van der Waals surface area contributed by atoms with Crippen molar-refractivity contribution in [3.05, 3.63) is 40.0 Å². The summed E-state index contributed by atoms with van der Waals surface area (Å²) in [7, 11) is 1.66. The van der Waals surface area contributed by atoms with Crippen molar-refractivity contribution in [3.63, 3.8) is 0 Å². The van der Waals surface area contributed by atoms with E-state index in [-0.39, 0.29) is 6.10 Å². The Morgan fingerprint density at radius 3 is 2.47 bits per heavy atom. The van der Waals surface area contributed by atoms with Gasteiger partial charge in [-0.3, -0.25) is 10.3 Å². The van der Waals surface area contributed by atoms with Gasteiger partial charge in [0, 0.05) is 0 Å². The van der Waals surface area contributed by atoms with Crippen LogP contribution in [0.25, 0.3) is 0 Å². The normalized spacial score (nSPS) is 20.3. The Bertz CT molecular complexity index is 386. The van der Waals surface area contributed by atoms with Crippen LogP contribution < -0.4 is 10.2 Å². The molecule has 0 saturated carbocycles. The monoisotopic (exact) mass is 269 g/mol. The van der Waals surface area contributed by atoms with Crippen LogP contribution in [0, 0.1) is 0 Å². The number of methoxy groups -OCH3 is 1. The lowest BCUT2D eigenvalue weighted by atomic mass is 10.0. The lowest BCUT2D eigenvalue weighted by Crippen LogP contribution is -2.05. The molecule has 1 unspecified atom stereocenters. The van der Waals surface area contributed by atoms with Gasteiger partial charge in [-0.25, -0.2) is 0 Å². The number of hydrogen-bond acceptors (Lipinski definition) is 3. The molecule has 1 aliphatic heterocycles. The summed E-state index contributed by atoms with van der Waals surface area (Å²) in [6.45, 7) is 2.03. The molecule has 1 N–H and O–H groups in total. The topological polar surface area (TPSA) is 30.5 Å². The van der Waals surface area contributed by atoms with Gasteiger partial charge in [-0.1, -0.05) is 12.1 Å². The maximum absolute atomic E-state index is 5.43. The molecule has 0 fully saturated rings. The van der Waals surface area contributed by atoms with Gasteiger partial charge in [-0.15, -0.1) is 0 Å². The second-order valence-electron chi connectivity index (χ2n) is 3.37. The van der Waals surface area contributed by atoms with Gasteiger partial charge in [0.1, 0.15) is 16.5 Å². The van der Waals surface area contributed by atoms with Crippen LogP contribution in [-0.4, -0.2) is 7.11 Å². The van der Waals surface area contributed by atoms with Gasteiger partial charge in [0.2, 0.25) is 0 Å². The SMILES string of the molecule is COc1ccc(C2ONC(Br)=C2C)cc1. The molecule has 1 heterocycles. The molecule has 1 aliphatic rings. The van der Waals surface area contributed by atoms with Crippen LogP contribution >= 0.6 is 15.9 Å². The van der Waals surface area contributed by atoms with Crippen molar-refractivity contribution in [2.75, 3.05) is 7.11 Å². The molecule has 3 nitrogen and oxygen atoms in total. The Balaban J connectivity index is 2.24. The van der Waals surface area contributed by atoms with Gasteiger partial charge in [0.25, 0.3) is 0 Å². The van der Waals surface area contributed by atoms with Gasteiger partial charge < -0.3 is 4.74 Å². The maximum atomic E-state index is 5.43. The van der Waals surface area contributed by atoms with Crippen LogP contribution in [0.15, 0.2) is 34.4 Å². The zero-order valence-electron chi connectivity index (χ0n) is 8.58. The minimum atomic E-state index is -0.0229. The molecule has 4 heteroatoms. The van der Waals surface area contributed by atoms with Crippen LogP contribution in [0.4, 0.5) is 0 Å². The van der Waals surface area contributed by atoms with Crippen molar-refractivity contribution >= 4 is 15.9 Å².